The smallest absolute Gasteiger partial charge is 0.251 e. The largest absolute Gasteiger partial charge is 0.350 e. The topological polar surface area (TPSA) is 50.2 Å². The lowest BCUT2D eigenvalue weighted by Crippen LogP contribution is -2.56. The molecule has 2 aromatic heterocycles. The summed E-state index contributed by atoms with van der Waals surface area (Å²) in [5, 5.41) is 10.1. The summed E-state index contributed by atoms with van der Waals surface area (Å²) in [5.74, 6) is 1.21. The van der Waals surface area contributed by atoms with E-state index in [1.165, 1.54) is 22.6 Å². The molecule has 3 aliphatic rings. The number of nitrogens with one attached hydrogen (secondary N) is 1. The van der Waals surface area contributed by atoms with Crippen LogP contribution in [-0.4, -0.2) is 46.3 Å². The van der Waals surface area contributed by atoms with Gasteiger partial charge < -0.3 is 5.32 Å². The van der Waals surface area contributed by atoms with Crippen molar-refractivity contribution in [2.45, 2.75) is 31.7 Å². The Kier molecular flexibility index (Phi) is 5.21. The molecule has 3 saturated heterocycles. The second-order valence-corrected chi connectivity index (χ2v) is 9.62. The summed E-state index contributed by atoms with van der Waals surface area (Å²) >= 11 is 1.74. The number of carbonyl (C=O) groups excluding carboxylic acids is 1. The van der Waals surface area contributed by atoms with E-state index in [-0.39, 0.29) is 5.91 Å². The molecule has 1 N–H and O–H groups in total. The number of aromatic nitrogens is 2. The number of fused-ring (bicyclic) bond motifs is 3. The van der Waals surface area contributed by atoms with Gasteiger partial charge in [-0.2, -0.15) is 5.10 Å². The van der Waals surface area contributed by atoms with Gasteiger partial charge in [-0.05, 0) is 61.9 Å². The van der Waals surface area contributed by atoms with Gasteiger partial charge in [0.25, 0.3) is 5.91 Å². The van der Waals surface area contributed by atoms with Crippen LogP contribution in [0.25, 0.3) is 10.6 Å². The van der Waals surface area contributed by atoms with Gasteiger partial charge in [0.15, 0.2) is 0 Å². The van der Waals surface area contributed by atoms with Gasteiger partial charge in [-0.25, -0.2) is 0 Å². The van der Waals surface area contributed by atoms with Crippen molar-refractivity contribution in [1.82, 2.24) is 20.0 Å². The molecule has 0 aliphatic carbocycles. The number of aryl methyl sites for hydroxylation is 2. The summed E-state index contributed by atoms with van der Waals surface area (Å²) in [6.45, 7) is 4.94. The van der Waals surface area contributed by atoms with E-state index in [0.29, 0.717) is 17.9 Å². The third-order valence-electron chi connectivity index (χ3n) is 6.76. The first-order valence-corrected chi connectivity index (χ1v) is 11.6. The molecule has 156 valence electrons. The van der Waals surface area contributed by atoms with E-state index in [4.69, 9.17) is 5.10 Å². The van der Waals surface area contributed by atoms with Gasteiger partial charge in [-0.3, -0.25) is 14.4 Å². The lowest BCUT2D eigenvalue weighted by atomic mass is 9.74. The number of amides is 1. The number of carbonyl (C=O) groups is 1. The maximum Gasteiger partial charge on any atom is 0.251 e. The zero-order valence-corrected chi connectivity index (χ0v) is 18.4. The molecule has 4 atom stereocenters. The fraction of sp³-hybridized carbons (Fsp3) is 0.417. The number of benzene rings is 1. The Morgan fingerprint density at radius 1 is 1.27 bits per heavy atom. The normalized spacial score (nSPS) is 25.4. The van der Waals surface area contributed by atoms with E-state index >= 15 is 0 Å². The molecule has 3 aromatic rings. The fourth-order valence-electron chi connectivity index (χ4n) is 5.08. The van der Waals surface area contributed by atoms with Gasteiger partial charge in [0.1, 0.15) is 5.69 Å². The number of rotatable bonds is 5. The molecule has 5 heterocycles. The van der Waals surface area contributed by atoms with Crippen molar-refractivity contribution in [3.8, 4) is 10.6 Å². The minimum atomic E-state index is 0.0291. The van der Waals surface area contributed by atoms with Crippen LogP contribution in [0.3, 0.4) is 0 Å². The van der Waals surface area contributed by atoms with Crippen LogP contribution >= 0.6 is 11.3 Å². The molecular weight excluding hydrogens is 392 g/mol. The van der Waals surface area contributed by atoms with Crippen molar-refractivity contribution in [2.75, 3.05) is 19.6 Å². The van der Waals surface area contributed by atoms with Crippen molar-refractivity contribution >= 4 is 17.2 Å². The van der Waals surface area contributed by atoms with Crippen molar-refractivity contribution in [3.05, 3.63) is 64.7 Å². The maximum atomic E-state index is 12.5. The van der Waals surface area contributed by atoms with E-state index < -0.39 is 0 Å². The molecule has 5 nitrogen and oxygen atoms in total. The third kappa shape index (κ3) is 3.70. The lowest BCUT2D eigenvalue weighted by Gasteiger charge is -2.50. The van der Waals surface area contributed by atoms with Crippen molar-refractivity contribution in [2.24, 2.45) is 13.0 Å². The number of nitrogens with zero attached hydrogens (tertiary/aromatic N) is 3. The first kappa shape index (κ1) is 19.5. The van der Waals surface area contributed by atoms with Gasteiger partial charge in [0.2, 0.25) is 0 Å². The lowest BCUT2D eigenvalue weighted by molar-refractivity contribution is 0.0280. The fourth-order valence-corrected chi connectivity index (χ4v) is 5.76. The molecule has 0 saturated carbocycles. The number of thiophene rings is 1. The average molecular weight is 421 g/mol. The molecule has 6 rings (SSSR count). The van der Waals surface area contributed by atoms with Crippen LogP contribution in [-0.2, 0) is 7.05 Å². The summed E-state index contributed by atoms with van der Waals surface area (Å²) in [4.78, 5) is 16.3. The molecule has 30 heavy (non-hydrogen) atoms. The molecule has 6 heteroatoms. The van der Waals surface area contributed by atoms with E-state index in [0.717, 1.165) is 37.3 Å². The van der Waals surface area contributed by atoms with Gasteiger partial charge in [-0.15, -0.1) is 11.3 Å². The van der Waals surface area contributed by atoms with Crippen molar-refractivity contribution < 1.29 is 4.79 Å². The molecule has 0 spiro atoms. The minimum absolute atomic E-state index is 0.0291. The molecular formula is C24H28N4OS. The summed E-state index contributed by atoms with van der Waals surface area (Å²) in [6, 6.07) is 14.7. The highest BCUT2D eigenvalue weighted by Gasteiger charge is 2.41. The zero-order valence-electron chi connectivity index (χ0n) is 17.5. The molecule has 2 bridgehead atoms. The summed E-state index contributed by atoms with van der Waals surface area (Å²) in [6.07, 6.45) is 2.37. The highest BCUT2D eigenvalue weighted by atomic mass is 32.1. The van der Waals surface area contributed by atoms with Gasteiger partial charge in [0, 0.05) is 43.4 Å². The van der Waals surface area contributed by atoms with Crippen LogP contribution < -0.4 is 5.32 Å². The van der Waals surface area contributed by atoms with E-state index in [1.807, 2.05) is 31.2 Å². The molecule has 1 aromatic carbocycles. The van der Waals surface area contributed by atoms with E-state index in [2.05, 4.69) is 45.5 Å². The number of hydrogen-bond acceptors (Lipinski definition) is 4. The Labute approximate surface area is 181 Å². The highest BCUT2D eigenvalue weighted by molar-refractivity contribution is 7.13. The number of hydrogen-bond donors (Lipinski definition) is 1. The standard InChI is InChI=1S/C24H28N4OS/c1-16-5-7-17(8-6-16)24(29)25-14-19-12-18-9-10-28(19)15-20(18)22-13-21(26-27(22)2)23-4-3-11-30-23/h3-8,11,13,18-20H,9-10,12,14-15H2,1-2H3,(H,25,29)/t18-,19-,20+/m1/s1. The maximum absolute atomic E-state index is 12.5. The van der Waals surface area contributed by atoms with Crippen molar-refractivity contribution in [1.29, 1.82) is 0 Å². The molecule has 1 amide bonds. The molecule has 0 radical (unpaired) electrons. The zero-order chi connectivity index (χ0) is 20.7. The molecule has 3 aliphatic heterocycles. The average Bonchev–Trinajstić information content (AvgIpc) is 3.43. The first-order valence-electron chi connectivity index (χ1n) is 10.7. The molecule has 3 fully saturated rings. The first-order chi connectivity index (χ1) is 14.6. The Bertz CT molecular complexity index is 1020. The third-order valence-corrected chi connectivity index (χ3v) is 7.65. The van der Waals surface area contributed by atoms with Gasteiger partial charge >= 0.3 is 0 Å². The summed E-state index contributed by atoms with van der Waals surface area (Å²) in [5.41, 5.74) is 4.34. The summed E-state index contributed by atoms with van der Waals surface area (Å²) in [7, 11) is 2.07. The Balaban J connectivity index is 1.24. The van der Waals surface area contributed by atoms with Crippen LogP contribution in [0, 0.1) is 12.8 Å². The van der Waals surface area contributed by atoms with Crippen LogP contribution in [0.15, 0.2) is 47.8 Å². The Morgan fingerprint density at radius 2 is 2.10 bits per heavy atom. The quantitative estimate of drug-likeness (QED) is 0.677. The second kappa shape index (κ2) is 8.00. The SMILES string of the molecule is Cc1ccc(C(=O)NC[C@H]2C[C@H]3CCN2C[C@@H]3c2cc(-c3cccs3)nn2C)cc1. The van der Waals surface area contributed by atoms with Gasteiger partial charge in [0.05, 0.1) is 4.88 Å². The Morgan fingerprint density at radius 3 is 2.80 bits per heavy atom. The predicted molar refractivity (Wildman–Crippen MR) is 121 cm³/mol. The van der Waals surface area contributed by atoms with Gasteiger partial charge in [-0.1, -0.05) is 23.8 Å². The van der Waals surface area contributed by atoms with E-state index in [9.17, 15) is 4.79 Å². The van der Waals surface area contributed by atoms with Crippen molar-refractivity contribution in [3.63, 3.8) is 0 Å². The predicted octanol–water partition coefficient (Wildman–Crippen LogP) is 4.06. The van der Waals surface area contributed by atoms with E-state index in [1.54, 1.807) is 11.3 Å². The van der Waals surface area contributed by atoms with Crippen LogP contribution in [0.1, 0.15) is 40.4 Å². The minimum Gasteiger partial charge on any atom is -0.350 e. The molecule has 1 unspecified atom stereocenters. The Hall–Kier alpha value is -2.44. The highest BCUT2D eigenvalue weighted by Crippen LogP contribution is 2.42. The monoisotopic (exact) mass is 420 g/mol. The summed E-state index contributed by atoms with van der Waals surface area (Å²) < 4.78 is 2.08. The second-order valence-electron chi connectivity index (χ2n) is 8.67. The van der Waals surface area contributed by atoms with Crippen LogP contribution in [0.2, 0.25) is 0 Å². The van der Waals surface area contributed by atoms with Crippen LogP contribution in [0.4, 0.5) is 0 Å². The van der Waals surface area contributed by atoms with Crippen LogP contribution in [0.5, 0.6) is 0 Å². The number of piperidine rings is 3.